The van der Waals surface area contributed by atoms with E-state index in [1.165, 1.54) is 35.8 Å². The van der Waals surface area contributed by atoms with E-state index in [1.54, 1.807) is 24.3 Å². The van der Waals surface area contributed by atoms with Crippen LogP contribution in [0.25, 0.3) is 16.6 Å². The Bertz CT molecular complexity index is 1000. The van der Waals surface area contributed by atoms with Crippen LogP contribution >= 0.6 is 11.8 Å². The predicted molar refractivity (Wildman–Crippen MR) is 95.4 cm³/mol. The lowest BCUT2D eigenvalue weighted by Gasteiger charge is -2.13. The molecule has 134 valence electrons. The highest BCUT2D eigenvalue weighted by Gasteiger charge is 2.14. The summed E-state index contributed by atoms with van der Waals surface area (Å²) in [6.07, 6.45) is 0. The number of aromatic nitrogens is 2. The number of benzene rings is 2. The number of carbonyl (C=O) groups excluding carboxylic acids is 1. The Morgan fingerprint density at radius 1 is 1.19 bits per heavy atom. The summed E-state index contributed by atoms with van der Waals surface area (Å²) in [6.45, 7) is -1.47. The van der Waals surface area contributed by atoms with Crippen molar-refractivity contribution in [1.29, 1.82) is 0 Å². The van der Waals surface area contributed by atoms with Gasteiger partial charge in [0.2, 0.25) is 0 Å². The van der Waals surface area contributed by atoms with Crippen molar-refractivity contribution in [2.45, 2.75) is 18.7 Å². The van der Waals surface area contributed by atoms with Gasteiger partial charge in [0.25, 0.3) is 5.56 Å². The molecule has 8 heteroatoms. The summed E-state index contributed by atoms with van der Waals surface area (Å²) in [7, 11) is 0. The molecule has 0 bridgehead atoms. The molecule has 0 unspecified atom stereocenters. The van der Waals surface area contributed by atoms with Gasteiger partial charge in [-0.15, -0.1) is 0 Å². The molecule has 26 heavy (non-hydrogen) atoms. The molecule has 1 heterocycles. The smallest absolute Gasteiger partial charge is 0.387 e. The zero-order valence-corrected chi connectivity index (χ0v) is 14.5. The topological polar surface area (TPSA) is 61.2 Å². The second-order valence-electron chi connectivity index (χ2n) is 5.42. The van der Waals surface area contributed by atoms with Gasteiger partial charge in [0.1, 0.15) is 11.5 Å². The van der Waals surface area contributed by atoms with Crippen LogP contribution in [0, 0.1) is 0 Å². The van der Waals surface area contributed by atoms with Gasteiger partial charge in [-0.05, 0) is 43.3 Å². The van der Waals surface area contributed by atoms with Gasteiger partial charge in [-0.2, -0.15) is 8.78 Å². The summed E-state index contributed by atoms with van der Waals surface area (Å²) >= 11 is 1.14. The summed E-state index contributed by atoms with van der Waals surface area (Å²) in [5.74, 6) is 0.102. The highest BCUT2D eigenvalue weighted by molar-refractivity contribution is 7.99. The minimum atomic E-state index is -2.92. The van der Waals surface area contributed by atoms with Crippen LogP contribution in [-0.4, -0.2) is 27.7 Å². The third-order valence-electron chi connectivity index (χ3n) is 3.47. The number of fused-ring (bicyclic) bond motifs is 1. The quantitative estimate of drug-likeness (QED) is 0.485. The van der Waals surface area contributed by atoms with Crippen molar-refractivity contribution in [3.8, 4) is 11.4 Å². The Balaban J connectivity index is 2.12. The molecule has 0 spiro atoms. The van der Waals surface area contributed by atoms with E-state index in [1.807, 2.05) is 0 Å². The van der Waals surface area contributed by atoms with E-state index < -0.39 is 6.61 Å². The van der Waals surface area contributed by atoms with E-state index in [4.69, 9.17) is 0 Å². The van der Waals surface area contributed by atoms with Gasteiger partial charge < -0.3 is 4.74 Å². The number of hydrogen-bond acceptors (Lipinski definition) is 5. The number of nitrogens with zero attached hydrogens (tertiary/aromatic N) is 2. The first-order valence-electron chi connectivity index (χ1n) is 7.65. The van der Waals surface area contributed by atoms with Crippen LogP contribution in [-0.2, 0) is 4.79 Å². The number of thioether (sulfide) groups is 1. The lowest BCUT2D eigenvalue weighted by molar-refractivity contribution is -0.114. The second kappa shape index (κ2) is 7.65. The summed E-state index contributed by atoms with van der Waals surface area (Å²) in [4.78, 5) is 28.7. The standard InChI is InChI=1S/C18H14F2N2O3S/c1-11(23)10-26-18-21-15-5-3-2-4-14(15)16(24)22(18)12-6-8-13(9-7-12)25-17(19)20/h2-9,17H,10H2,1H3. The number of hydrogen-bond donors (Lipinski definition) is 0. The van der Waals surface area contributed by atoms with Crippen LogP contribution in [0.5, 0.6) is 5.75 Å². The van der Waals surface area contributed by atoms with Crippen molar-refractivity contribution >= 4 is 28.4 Å². The zero-order valence-electron chi connectivity index (χ0n) is 13.7. The van der Waals surface area contributed by atoms with Gasteiger partial charge in [0.05, 0.1) is 22.3 Å². The minimum Gasteiger partial charge on any atom is -0.435 e. The van der Waals surface area contributed by atoms with Crippen LogP contribution in [0.1, 0.15) is 6.92 Å². The summed E-state index contributed by atoms with van der Waals surface area (Å²) in [5.41, 5.74) is 0.669. The van der Waals surface area contributed by atoms with Crippen molar-refractivity contribution in [1.82, 2.24) is 9.55 Å². The Kier molecular flexibility index (Phi) is 5.32. The van der Waals surface area contributed by atoms with Gasteiger partial charge in [-0.25, -0.2) is 4.98 Å². The lowest BCUT2D eigenvalue weighted by atomic mass is 10.2. The fraction of sp³-hybridized carbons (Fsp3) is 0.167. The highest BCUT2D eigenvalue weighted by atomic mass is 32.2. The molecule has 0 atom stereocenters. The van der Waals surface area contributed by atoms with Crippen LogP contribution in [0.2, 0.25) is 0 Å². The SMILES string of the molecule is CC(=O)CSc1nc2ccccc2c(=O)n1-c1ccc(OC(F)F)cc1. The van der Waals surface area contributed by atoms with Gasteiger partial charge >= 0.3 is 6.61 Å². The highest BCUT2D eigenvalue weighted by Crippen LogP contribution is 2.23. The third kappa shape index (κ3) is 3.91. The van der Waals surface area contributed by atoms with Crippen LogP contribution in [0.15, 0.2) is 58.5 Å². The number of ether oxygens (including phenoxy) is 1. The van der Waals surface area contributed by atoms with E-state index in [-0.39, 0.29) is 22.8 Å². The Morgan fingerprint density at radius 3 is 2.54 bits per heavy atom. The maximum Gasteiger partial charge on any atom is 0.387 e. The molecule has 0 aliphatic heterocycles. The van der Waals surface area contributed by atoms with E-state index in [0.29, 0.717) is 21.7 Å². The Morgan fingerprint density at radius 2 is 1.88 bits per heavy atom. The molecule has 2 aromatic carbocycles. The molecule has 3 rings (SSSR count). The number of alkyl halides is 2. The first kappa shape index (κ1) is 18.1. The normalized spacial score (nSPS) is 11.1. The van der Waals surface area contributed by atoms with E-state index in [0.717, 1.165) is 11.8 Å². The summed E-state index contributed by atoms with van der Waals surface area (Å²) in [5, 5.41) is 0.777. The van der Waals surface area contributed by atoms with Crippen LogP contribution in [0.4, 0.5) is 8.78 Å². The average Bonchev–Trinajstić information content (AvgIpc) is 2.60. The number of para-hydroxylation sites is 1. The number of ketones is 1. The molecule has 3 aromatic rings. The number of halogens is 2. The van der Waals surface area contributed by atoms with E-state index in [2.05, 4.69) is 9.72 Å². The summed E-state index contributed by atoms with van der Waals surface area (Å²) < 4.78 is 30.3. The predicted octanol–water partition coefficient (Wildman–Crippen LogP) is 3.67. The summed E-state index contributed by atoms with van der Waals surface area (Å²) in [6, 6.07) is 12.6. The monoisotopic (exact) mass is 376 g/mol. The molecule has 0 amide bonds. The average molecular weight is 376 g/mol. The molecular weight excluding hydrogens is 362 g/mol. The molecule has 1 aromatic heterocycles. The molecular formula is C18H14F2N2O3S. The lowest BCUT2D eigenvalue weighted by Crippen LogP contribution is -2.22. The van der Waals surface area contributed by atoms with Crippen molar-refractivity contribution in [3.05, 3.63) is 58.9 Å². The van der Waals surface area contributed by atoms with E-state index in [9.17, 15) is 18.4 Å². The largest absolute Gasteiger partial charge is 0.435 e. The van der Waals surface area contributed by atoms with Gasteiger partial charge in [-0.1, -0.05) is 23.9 Å². The fourth-order valence-corrected chi connectivity index (χ4v) is 3.19. The first-order chi connectivity index (χ1) is 12.5. The molecule has 0 aliphatic carbocycles. The van der Waals surface area contributed by atoms with Gasteiger partial charge in [0, 0.05) is 0 Å². The number of Topliss-reactive ketones (excluding diaryl/α,β-unsaturated/α-hetero) is 1. The van der Waals surface area contributed by atoms with E-state index >= 15 is 0 Å². The number of rotatable bonds is 6. The van der Waals surface area contributed by atoms with Crippen LogP contribution < -0.4 is 10.3 Å². The van der Waals surface area contributed by atoms with Crippen molar-refractivity contribution < 1.29 is 18.3 Å². The molecule has 0 N–H and O–H groups in total. The van der Waals surface area contributed by atoms with Crippen molar-refractivity contribution in [2.75, 3.05) is 5.75 Å². The van der Waals surface area contributed by atoms with Gasteiger partial charge in [0.15, 0.2) is 5.16 Å². The Labute approximate surface area is 151 Å². The fourth-order valence-electron chi connectivity index (χ4n) is 2.38. The minimum absolute atomic E-state index is 0.0107. The van der Waals surface area contributed by atoms with Gasteiger partial charge in [-0.3, -0.25) is 14.2 Å². The molecule has 5 nitrogen and oxygen atoms in total. The molecule has 0 aliphatic rings. The maximum absolute atomic E-state index is 12.9. The van der Waals surface area contributed by atoms with Crippen molar-refractivity contribution in [3.63, 3.8) is 0 Å². The molecule has 0 saturated heterocycles. The second-order valence-corrected chi connectivity index (χ2v) is 6.36. The first-order valence-corrected chi connectivity index (χ1v) is 8.63. The zero-order chi connectivity index (χ0) is 18.7. The third-order valence-corrected chi connectivity index (χ3v) is 4.55. The maximum atomic E-state index is 12.9. The van der Waals surface area contributed by atoms with Crippen molar-refractivity contribution in [2.24, 2.45) is 0 Å². The molecule has 0 radical (unpaired) electrons. The van der Waals surface area contributed by atoms with Crippen LogP contribution in [0.3, 0.4) is 0 Å². The number of carbonyl (C=O) groups is 1. The Hall–Kier alpha value is -2.74. The molecule has 0 saturated carbocycles. The molecule has 0 fully saturated rings.